The van der Waals surface area contributed by atoms with Crippen molar-refractivity contribution >= 4 is 11.7 Å². The summed E-state index contributed by atoms with van der Waals surface area (Å²) < 4.78 is 5.53. The maximum Gasteiger partial charge on any atom is 0.319 e. The van der Waals surface area contributed by atoms with Crippen LogP contribution in [0.4, 0.5) is 10.5 Å². The Kier molecular flexibility index (Phi) is 5.36. The number of urea groups is 1. The van der Waals surface area contributed by atoms with Gasteiger partial charge in [-0.3, -0.25) is 4.98 Å². The fourth-order valence-electron chi connectivity index (χ4n) is 2.09. The van der Waals surface area contributed by atoms with E-state index in [-0.39, 0.29) is 12.1 Å². The predicted octanol–water partition coefficient (Wildman–Crippen LogP) is 3.67. The summed E-state index contributed by atoms with van der Waals surface area (Å²) in [5.41, 5.74) is 2.75. The number of ether oxygens (including phenoxy) is 1. The van der Waals surface area contributed by atoms with E-state index in [0.29, 0.717) is 12.3 Å². The van der Waals surface area contributed by atoms with Gasteiger partial charge in [0.2, 0.25) is 0 Å². The van der Waals surface area contributed by atoms with Crippen LogP contribution in [0, 0.1) is 6.92 Å². The first-order chi connectivity index (χ1) is 10.6. The Morgan fingerprint density at radius 1 is 1.27 bits per heavy atom. The molecule has 116 valence electrons. The number of carbonyl (C=O) groups is 1. The van der Waals surface area contributed by atoms with Crippen molar-refractivity contribution < 1.29 is 9.53 Å². The second-order valence-electron chi connectivity index (χ2n) is 5.01. The van der Waals surface area contributed by atoms with Gasteiger partial charge in [0, 0.05) is 24.1 Å². The first kappa shape index (κ1) is 15.8. The van der Waals surface area contributed by atoms with Crippen LogP contribution in [0.15, 0.2) is 42.7 Å². The van der Waals surface area contributed by atoms with Crippen molar-refractivity contribution in [1.82, 2.24) is 10.3 Å². The minimum atomic E-state index is -0.254. The Morgan fingerprint density at radius 3 is 2.68 bits per heavy atom. The third-order valence-electron chi connectivity index (χ3n) is 3.30. The van der Waals surface area contributed by atoms with Gasteiger partial charge in [-0.15, -0.1) is 0 Å². The zero-order valence-electron chi connectivity index (χ0n) is 13.1. The topological polar surface area (TPSA) is 63.2 Å². The lowest BCUT2D eigenvalue weighted by molar-refractivity contribution is 0.249. The molecule has 5 heteroatoms. The molecule has 1 atom stereocenters. The smallest absolute Gasteiger partial charge is 0.319 e. The molecule has 0 saturated carbocycles. The van der Waals surface area contributed by atoms with Crippen LogP contribution >= 0.6 is 0 Å². The van der Waals surface area contributed by atoms with Crippen LogP contribution in [0.1, 0.15) is 31.0 Å². The van der Waals surface area contributed by atoms with Gasteiger partial charge in [-0.2, -0.15) is 0 Å². The summed E-state index contributed by atoms with van der Waals surface area (Å²) in [7, 11) is 0. The van der Waals surface area contributed by atoms with Gasteiger partial charge in [0.05, 0.1) is 12.6 Å². The van der Waals surface area contributed by atoms with Crippen LogP contribution in [-0.4, -0.2) is 17.6 Å². The molecule has 1 aromatic carbocycles. The van der Waals surface area contributed by atoms with Gasteiger partial charge in [0.15, 0.2) is 0 Å². The number of rotatable bonds is 5. The van der Waals surface area contributed by atoms with Gasteiger partial charge in [0.25, 0.3) is 0 Å². The van der Waals surface area contributed by atoms with E-state index in [0.717, 1.165) is 16.9 Å². The number of pyridine rings is 1. The van der Waals surface area contributed by atoms with E-state index < -0.39 is 0 Å². The Hall–Kier alpha value is -2.56. The van der Waals surface area contributed by atoms with Crippen molar-refractivity contribution in [3.63, 3.8) is 0 Å². The Labute approximate surface area is 130 Å². The minimum Gasteiger partial charge on any atom is -0.494 e. The first-order valence-corrected chi connectivity index (χ1v) is 7.31. The molecular formula is C17H21N3O2. The average molecular weight is 299 g/mol. The average Bonchev–Trinajstić information content (AvgIpc) is 2.51. The summed E-state index contributed by atoms with van der Waals surface area (Å²) in [6, 6.07) is 9.01. The standard InChI is InChI=1S/C17H21N3O2/c1-4-22-16-11-15(6-5-12(16)2)20-17(21)19-13(3)14-7-9-18-10-8-14/h5-11,13H,4H2,1-3H3,(H2,19,20,21)/t13-/m1/s1. The van der Waals surface area contributed by atoms with Crippen LogP contribution in [-0.2, 0) is 0 Å². The number of aromatic nitrogens is 1. The zero-order valence-corrected chi connectivity index (χ0v) is 13.1. The SMILES string of the molecule is CCOc1cc(NC(=O)N[C@H](C)c2ccncc2)ccc1C. The summed E-state index contributed by atoms with van der Waals surface area (Å²) in [5.74, 6) is 0.780. The van der Waals surface area contributed by atoms with E-state index in [1.54, 1.807) is 12.4 Å². The molecule has 2 aromatic rings. The molecule has 2 amide bonds. The number of carbonyl (C=O) groups excluding carboxylic acids is 1. The number of amides is 2. The third-order valence-corrected chi connectivity index (χ3v) is 3.30. The van der Waals surface area contributed by atoms with E-state index >= 15 is 0 Å². The van der Waals surface area contributed by atoms with Crippen molar-refractivity contribution in [2.75, 3.05) is 11.9 Å². The molecule has 0 spiro atoms. The van der Waals surface area contributed by atoms with E-state index in [4.69, 9.17) is 4.74 Å². The fourth-order valence-corrected chi connectivity index (χ4v) is 2.09. The minimum absolute atomic E-state index is 0.0974. The van der Waals surface area contributed by atoms with Crippen LogP contribution < -0.4 is 15.4 Å². The maximum atomic E-state index is 12.1. The highest BCUT2D eigenvalue weighted by Gasteiger charge is 2.10. The van der Waals surface area contributed by atoms with E-state index in [1.807, 2.05) is 51.1 Å². The summed E-state index contributed by atoms with van der Waals surface area (Å²) in [5, 5.41) is 5.72. The van der Waals surface area contributed by atoms with Crippen LogP contribution in [0.2, 0.25) is 0 Å². The molecular weight excluding hydrogens is 278 g/mol. The van der Waals surface area contributed by atoms with Gasteiger partial charge < -0.3 is 15.4 Å². The molecule has 0 aliphatic heterocycles. The lowest BCUT2D eigenvalue weighted by Crippen LogP contribution is -2.31. The Balaban J connectivity index is 1.98. The Bertz CT molecular complexity index is 629. The summed E-state index contributed by atoms with van der Waals surface area (Å²) in [4.78, 5) is 16.0. The number of nitrogens with one attached hydrogen (secondary N) is 2. The molecule has 1 aromatic heterocycles. The molecule has 0 aliphatic carbocycles. The van der Waals surface area contributed by atoms with Crippen molar-refractivity contribution in [3.8, 4) is 5.75 Å². The number of hydrogen-bond acceptors (Lipinski definition) is 3. The van der Waals surface area contributed by atoms with Gasteiger partial charge in [-0.1, -0.05) is 6.07 Å². The summed E-state index contributed by atoms with van der Waals surface area (Å²) in [6.07, 6.45) is 3.42. The molecule has 22 heavy (non-hydrogen) atoms. The van der Waals surface area contributed by atoms with Crippen molar-refractivity contribution in [2.45, 2.75) is 26.8 Å². The molecule has 5 nitrogen and oxygen atoms in total. The molecule has 0 bridgehead atoms. The van der Waals surface area contributed by atoms with Crippen molar-refractivity contribution in [2.24, 2.45) is 0 Å². The van der Waals surface area contributed by atoms with Crippen LogP contribution in [0.3, 0.4) is 0 Å². The predicted molar refractivity (Wildman–Crippen MR) is 87.2 cm³/mol. The molecule has 2 rings (SSSR count). The number of anilines is 1. The fraction of sp³-hybridized carbons (Fsp3) is 0.294. The quantitative estimate of drug-likeness (QED) is 0.885. The van der Waals surface area contributed by atoms with E-state index in [2.05, 4.69) is 15.6 Å². The monoisotopic (exact) mass is 299 g/mol. The second kappa shape index (κ2) is 7.45. The third kappa shape index (κ3) is 4.22. The van der Waals surface area contributed by atoms with Crippen molar-refractivity contribution in [3.05, 3.63) is 53.9 Å². The molecule has 2 N–H and O–H groups in total. The lowest BCUT2D eigenvalue weighted by Gasteiger charge is -2.15. The second-order valence-corrected chi connectivity index (χ2v) is 5.01. The zero-order chi connectivity index (χ0) is 15.9. The number of aryl methyl sites for hydroxylation is 1. The van der Waals surface area contributed by atoms with Gasteiger partial charge in [-0.25, -0.2) is 4.79 Å². The maximum absolute atomic E-state index is 12.1. The molecule has 1 heterocycles. The van der Waals surface area contributed by atoms with Gasteiger partial charge in [-0.05, 0) is 50.1 Å². The normalized spacial score (nSPS) is 11.6. The summed E-state index contributed by atoms with van der Waals surface area (Å²) >= 11 is 0. The highest BCUT2D eigenvalue weighted by atomic mass is 16.5. The van der Waals surface area contributed by atoms with E-state index in [1.165, 1.54) is 0 Å². The van der Waals surface area contributed by atoms with Crippen LogP contribution in [0.25, 0.3) is 0 Å². The van der Waals surface area contributed by atoms with Crippen molar-refractivity contribution in [1.29, 1.82) is 0 Å². The van der Waals surface area contributed by atoms with E-state index in [9.17, 15) is 4.79 Å². The van der Waals surface area contributed by atoms with Gasteiger partial charge in [0.1, 0.15) is 5.75 Å². The summed E-state index contributed by atoms with van der Waals surface area (Å²) in [6.45, 7) is 6.42. The number of hydrogen-bond donors (Lipinski definition) is 2. The molecule has 0 saturated heterocycles. The molecule has 0 fully saturated rings. The first-order valence-electron chi connectivity index (χ1n) is 7.31. The number of benzene rings is 1. The van der Waals surface area contributed by atoms with Crippen LogP contribution in [0.5, 0.6) is 5.75 Å². The highest BCUT2D eigenvalue weighted by molar-refractivity contribution is 5.89. The number of nitrogens with zero attached hydrogens (tertiary/aromatic N) is 1. The molecule has 0 radical (unpaired) electrons. The largest absolute Gasteiger partial charge is 0.494 e. The lowest BCUT2D eigenvalue weighted by atomic mass is 10.1. The van der Waals surface area contributed by atoms with Gasteiger partial charge >= 0.3 is 6.03 Å². The molecule has 0 unspecified atom stereocenters. The highest BCUT2D eigenvalue weighted by Crippen LogP contribution is 2.22. The molecule has 0 aliphatic rings. The Morgan fingerprint density at radius 2 is 2.00 bits per heavy atom.